The molecule has 0 atom stereocenters. The standard InChI is InChI=1S/C19H27N5OS/c1-20-19-22-17(15-26-19)18(25)21-8-5-9-23-10-12-24(13-11-23)14-16-6-3-2-4-7-16/h2-4,6-7,15H,5,8-14H2,1H3,(H,20,22)(H,21,25). The maximum atomic E-state index is 12.0. The third-order valence-electron chi connectivity index (χ3n) is 4.60. The van der Waals surface area contributed by atoms with Crippen LogP contribution in [0, 0.1) is 0 Å². The second-order valence-electron chi connectivity index (χ2n) is 6.50. The summed E-state index contributed by atoms with van der Waals surface area (Å²) in [6.07, 6.45) is 0.966. The minimum Gasteiger partial charge on any atom is -0.365 e. The van der Waals surface area contributed by atoms with Crippen molar-refractivity contribution < 1.29 is 4.79 Å². The second kappa shape index (κ2) is 9.66. The molecule has 1 aliphatic rings. The van der Waals surface area contributed by atoms with Gasteiger partial charge in [0.05, 0.1) is 0 Å². The van der Waals surface area contributed by atoms with E-state index in [4.69, 9.17) is 0 Å². The zero-order valence-corrected chi connectivity index (χ0v) is 16.1. The van der Waals surface area contributed by atoms with Crippen LogP contribution in [0.2, 0.25) is 0 Å². The van der Waals surface area contributed by atoms with E-state index in [2.05, 4.69) is 55.7 Å². The van der Waals surface area contributed by atoms with Crippen LogP contribution in [0.3, 0.4) is 0 Å². The van der Waals surface area contributed by atoms with Crippen molar-refractivity contribution in [3.63, 3.8) is 0 Å². The van der Waals surface area contributed by atoms with Crippen LogP contribution in [-0.2, 0) is 6.54 Å². The van der Waals surface area contributed by atoms with E-state index in [1.165, 1.54) is 16.9 Å². The molecule has 0 aliphatic carbocycles. The fraction of sp³-hybridized carbons (Fsp3) is 0.474. The molecular formula is C19H27N5OS. The third-order valence-corrected chi connectivity index (χ3v) is 5.46. The highest BCUT2D eigenvalue weighted by Gasteiger charge is 2.16. The molecular weight excluding hydrogens is 346 g/mol. The molecule has 7 heteroatoms. The number of hydrogen-bond donors (Lipinski definition) is 2. The van der Waals surface area contributed by atoms with Crippen molar-refractivity contribution >= 4 is 22.4 Å². The molecule has 1 aliphatic heterocycles. The van der Waals surface area contributed by atoms with Crippen LogP contribution >= 0.6 is 11.3 Å². The molecule has 3 rings (SSSR count). The molecule has 1 saturated heterocycles. The summed E-state index contributed by atoms with van der Waals surface area (Å²) in [7, 11) is 1.81. The van der Waals surface area contributed by atoms with Crippen LogP contribution in [0.5, 0.6) is 0 Å². The largest absolute Gasteiger partial charge is 0.365 e. The summed E-state index contributed by atoms with van der Waals surface area (Å²) in [5.41, 5.74) is 1.88. The van der Waals surface area contributed by atoms with E-state index in [0.717, 1.165) is 50.8 Å². The number of amides is 1. The molecule has 1 fully saturated rings. The number of aromatic nitrogens is 1. The first-order valence-electron chi connectivity index (χ1n) is 9.14. The normalized spacial score (nSPS) is 15.7. The van der Waals surface area contributed by atoms with Gasteiger partial charge in [0.2, 0.25) is 0 Å². The smallest absolute Gasteiger partial charge is 0.270 e. The van der Waals surface area contributed by atoms with E-state index in [9.17, 15) is 4.79 Å². The van der Waals surface area contributed by atoms with Crippen LogP contribution in [0.4, 0.5) is 5.13 Å². The molecule has 140 valence electrons. The Bertz CT molecular complexity index is 682. The van der Waals surface area contributed by atoms with Gasteiger partial charge in [0.25, 0.3) is 5.91 Å². The summed E-state index contributed by atoms with van der Waals surface area (Å²) in [5.74, 6) is -0.0876. The molecule has 0 saturated carbocycles. The Hall–Kier alpha value is -1.96. The molecule has 0 bridgehead atoms. The van der Waals surface area contributed by atoms with Crippen molar-refractivity contribution in [2.45, 2.75) is 13.0 Å². The molecule has 1 amide bonds. The van der Waals surface area contributed by atoms with Gasteiger partial charge in [-0.25, -0.2) is 4.98 Å². The maximum Gasteiger partial charge on any atom is 0.270 e. The Morgan fingerprint density at radius 1 is 1.15 bits per heavy atom. The SMILES string of the molecule is CNc1nc(C(=O)NCCCN2CCN(Cc3ccccc3)CC2)cs1. The highest BCUT2D eigenvalue weighted by atomic mass is 32.1. The quantitative estimate of drug-likeness (QED) is 0.694. The fourth-order valence-electron chi connectivity index (χ4n) is 3.10. The molecule has 0 radical (unpaired) electrons. The van der Waals surface area contributed by atoms with Crippen molar-refractivity contribution in [2.24, 2.45) is 0 Å². The number of nitrogens with one attached hydrogen (secondary N) is 2. The van der Waals surface area contributed by atoms with E-state index in [1.807, 2.05) is 0 Å². The molecule has 0 spiro atoms. The van der Waals surface area contributed by atoms with Crippen molar-refractivity contribution in [2.75, 3.05) is 51.6 Å². The minimum absolute atomic E-state index is 0.0876. The molecule has 2 heterocycles. The summed E-state index contributed by atoms with van der Waals surface area (Å²) < 4.78 is 0. The average molecular weight is 374 g/mol. The number of benzene rings is 1. The van der Waals surface area contributed by atoms with Crippen molar-refractivity contribution in [3.8, 4) is 0 Å². The third kappa shape index (κ3) is 5.52. The first-order valence-corrected chi connectivity index (χ1v) is 10.0. The topological polar surface area (TPSA) is 60.5 Å². The van der Waals surface area contributed by atoms with Crippen LogP contribution in [0.25, 0.3) is 0 Å². The average Bonchev–Trinajstić information content (AvgIpc) is 3.17. The van der Waals surface area contributed by atoms with Crippen molar-refractivity contribution in [1.29, 1.82) is 0 Å². The van der Waals surface area contributed by atoms with Gasteiger partial charge >= 0.3 is 0 Å². The molecule has 26 heavy (non-hydrogen) atoms. The molecule has 1 aromatic heterocycles. The van der Waals surface area contributed by atoms with Gasteiger partial charge in [-0.3, -0.25) is 9.69 Å². The van der Waals surface area contributed by atoms with Gasteiger partial charge in [-0.2, -0.15) is 0 Å². The van der Waals surface area contributed by atoms with E-state index in [1.54, 1.807) is 12.4 Å². The predicted molar refractivity (Wildman–Crippen MR) is 107 cm³/mol. The van der Waals surface area contributed by atoms with E-state index >= 15 is 0 Å². The molecule has 2 aromatic rings. The first kappa shape index (κ1) is 18.8. The second-order valence-corrected chi connectivity index (χ2v) is 7.36. The summed E-state index contributed by atoms with van der Waals surface area (Å²) in [6, 6.07) is 10.7. The van der Waals surface area contributed by atoms with Gasteiger partial charge in [-0.1, -0.05) is 30.3 Å². The number of nitrogens with zero attached hydrogens (tertiary/aromatic N) is 3. The van der Waals surface area contributed by atoms with Gasteiger partial charge in [0, 0.05) is 51.7 Å². The number of anilines is 1. The Labute approximate surface area is 159 Å². The van der Waals surface area contributed by atoms with Crippen LogP contribution in [0.15, 0.2) is 35.7 Å². The van der Waals surface area contributed by atoms with Gasteiger partial charge in [-0.05, 0) is 18.5 Å². The Morgan fingerprint density at radius 3 is 2.58 bits per heavy atom. The minimum atomic E-state index is -0.0876. The lowest BCUT2D eigenvalue weighted by molar-refractivity contribution is 0.0943. The summed E-state index contributed by atoms with van der Waals surface area (Å²) in [5, 5.41) is 8.46. The van der Waals surface area contributed by atoms with Crippen LogP contribution in [-0.4, -0.2) is 67.0 Å². The zero-order chi connectivity index (χ0) is 18.2. The lowest BCUT2D eigenvalue weighted by Gasteiger charge is -2.34. The van der Waals surface area contributed by atoms with Gasteiger partial charge in [0.15, 0.2) is 5.13 Å². The number of carbonyl (C=O) groups is 1. The van der Waals surface area contributed by atoms with Gasteiger partial charge in [0.1, 0.15) is 5.69 Å². The maximum absolute atomic E-state index is 12.0. The molecule has 1 aromatic carbocycles. The number of rotatable bonds is 8. The van der Waals surface area contributed by atoms with E-state index < -0.39 is 0 Å². The Kier molecular flexibility index (Phi) is 6.99. The van der Waals surface area contributed by atoms with Crippen molar-refractivity contribution in [1.82, 2.24) is 20.1 Å². The van der Waals surface area contributed by atoms with Gasteiger partial charge in [-0.15, -0.1) is 11.3 Å². The fourth-order valence-corrected chi connectivity index (χ4v) is 3.75. The molecule has 2 N–H and O–H groups in total. The Balaban J connectivity index is 1.30. The van der Waals surface area contributed by atoms with E-state index in [0.29, 0.717) is 12.2 Å². The van der Waals surface area contributed by atoms with Gasteiger partial charge < -0.3 is 15.5 Å². The lowest BCUT2D eigenvalue weighted by Crippen LogP contribution is -2.46. The summed E-state index contributed by atoms with van der Waals surface area (Å²) >= 11 is 1.44. The molecule has 0 unspecified atom stereocenters. The summed E-state index contributed by atoms with van der Waals surface area (Å²) in [6.45, 7) is 7.15. The zero-order valence-electron chi connectivity index (χ0n) is 15.3. The number of thiazole rings is 1. The lowest BCUT2D eigenvalue weighted by atomic mass is 10.2. The number of carbonyl (C=O) groups excluding carboxylic acids is 1. The monoisotopic (exact) mass is 373 g/mol. The van der Waals surface area contributed by atoms with Crippen LogP contribution in [0.1, 0.15) is 22.5 Å². The van der Waals surface area contributed by atoms with Crippen molar-refractivity contribution in [3.05, 3.63) is 47.0 Å². The number of piperazine rings is 1. The number of hydrogen-bond acceptors (Lipinski definition) is 6. The first-order chi connectivity index (χ1) is 12.7. The summed E-state index contributed by atoms with van der Waals surface area (Å²) in [4.78, 5) is 21.2. The predicted octanol–water partition coefficient (Wildman–Crippen LogP) is 2.12. The van der Waals surface area contributed by atoms with E-state index in [-0.39, 0.29) is 5.91 Å². The molecule has 6 nitrogen and oxygen atoms in total. The highest BCUT2D eigenvalue weighted by Crippen LogP contribution is 2.14. The highest BCUT2D eigenvalue weighted by molar-refractivity contribution is 7.13. The van der Waals surface area contributed by atoms with Crippen LogP contribution < -0.4 is 10.6 Å². The Morgan fingerprint density at radius 2 is 1.88 bits per heavy atom.